The van der Waals surface area contributed by atoms with Crippen LogP contribution in [0.25, 0.3) is 0 Å². The van der Waals surface area contributed by atoms with Crippen molar-refractivity contribution in [2.75, 3.05) is 10.6 Å². The summed E-state index contributed by atoms with van der Waals surface area (Å²) >= 11 is 5.88. The largest absolute Gasteiger partial charge is 0.326 e. The van der Waals surface area contributed by atoms with Crippen LogP contribution in [0.15, 0.2) is 42.5 Å². The molecule has 0 aliphatic rings. The Labute approximate surface area is 147 Å². The fourth-order valence-corrected chi connectivity index (χ4v) is 2.69. The zero-order chi connectivity index (χ0) is 17.5. The predicted molar refractivity (Wildman–Crippen MR) is 98.5 cm³/mol. The second kappa shape index (κ2) is 8.50. The Balaban J connectivity index is 2.02. The smallest absolute Gasteiger partial charge is 0.233 e. The van der Waals surface area contributed by atoms with E-state index in [1.807, 2.05) is 32.0 Å². The van der Waals surface area contributed by atoms with Crippen molar-refractivity contribution < 1.29 is 9.59 Å². The van der Waals surface area contributed by atoms with Gasteiger partial charge in [0.1, 0.15) is 6.42 Å². The van der Waals surface area contributed by atoms with E-state index in [1.165, 1.54) is 0 Å². The summed E-state index contributed by atoms with van der Waals surface area (Å²) in [6.45, 7) is 4.08. The maximum Gasteiger partial charge on any atom is 0.233 e. The number of nitrogens with one attached hydrogen (secondary N) is 2. The van der Waals surface area contributed by atoms with Gasteiger partial charge in [0.15, 0.2) is 0 Å². The van der Waals surface area contributed by atoms with Crippen LogP contribution in [0.4, 0.5) is 11.4 Å². The summed E-state index contributed by atoms with van der Waals surface area (Å²) in [6.07, 6.45) is 1.39. The lowest BCUT2D eigenvalue weighted by Crippen LogP contribution is -2.22. The first-order valence-corrected chi connectivity index (χ1v) is 8.37. The van der Waals surface area contributed by atoms with Crippen molar-refractivity contribution in [3.8, 4) is 0 Å². The molecular weight excluding hydrogens is 324 g/mol. The molecule has 0 aliphatic carbocycles. The Hall–Kier alpha value is -2.33. The second-order valence-electron chi connectivity index (χ2n) is 5.44. The molecule has 5 heteroatoms. The van der Waals surface area contributed by atoms with Crippen LogP contribution in [-0.2, 0) is 22.4 Å². The van der Waals surface area contributed by atoms with E-state index in [1.54, 1.807) is 24.3 Å². The van der Waals surface area contributed by atoms with Gasteiger partial charge in [0, 0.05) is 16.4 Å². The van der Waals surface area contributed by atoms with Gasteiger partial charge < -0.3 is 10.6 Å². The molecule has 0 unspecified atom stereocenters. The highest BCUT2D eigenvalue weighted by molar-refractivity contribution is 6.30. The molecule has 0 radical (unpaired) electrons. The first kappa shape index (κ1) is 18.0. The molecule has 0 fully saturated rings. The van der Waals surface area contributed by atoms with Crippen molar-refractivity contribution in [1.82, 2.24) is 0 Å². The van der Waals surface area contributed by atoms with Crippen LogP contribution in [-0.4, -0.2) is 11.8 Å². The lowest BCUT2D eigenvalue weighted by atomic mass is 10.0. The molecule has 0 spiro atoms. The van der Waals surface area contributed by atoms with Crippen molar-refractivity contribution in [3.05, 3.63) is 58.6 Å². The molecule has 2 N–H and O–H groups in total. The molecule has 0 saturated heterocycles. The number of hydrogen-bond donors (Lipinski definition) is 2. The Morgan fingerprint density at radius 1 is 0.917 bits per heavy atom. The molecule has 0 atom stereocenters. The highest BCUT2D eigenvalue weighted by atomic mass is 35.5. The number of rotatable bonds is 6. The lowest BCUT2D eigenvalue weighted by molar-refractivity contribution is -0.123. The van der Waals surface area contributed by atoms with E-state index in [0.717, 1.165) is 29.7 Å². The third kappa shape index (κ3) is 4.83. The highest BCUT2D eigenvalue weighted by Crippen LogP contribution is 2.23. The number of benzene rings is 2. The zero-order valence-corrected chi connectivity index (χ0v) is 14.6. The van der Waals surface area contributed by atoms with Gasteiger partial charge in [0.2, 0.25) is 11.8 Å². The first-order valence-electron chi connectivity index (χ1n) is 7.99. The molecule has 2 aromatic rings. The Bertz CT molecular complexity index is 722. The molecule has 0 saturated carbocycles. The molecule has 0 aliphatic heterocycles. The van der Waals surface area contributed by atoms with Gasteiger partial charge >= 0.3 is 0 Å². The van der Waals surface area contributed by atoms with Gasteiger partial charge in [-0.1, -0.05) is 49.7 Å². The molecule has 2 rings (SSSR count). The van der Waals surface area contributed by atoms with Crippen molar-refractivity contribution in [3.63, 3.8) is 0 Å². The normalized spacial score (nSPS) is 10.3. The van der Waals surface area contributed by atoms with Crippen molar-refractivity contribution in [1.29, 1.82) is 0 Å². The first-order chi connectivity index (χ1) is 11.5. The average Bonchev–Trinajstić information content (AvgIpc) is 2.54. The number of aryl methyl sites for hydroxylation is 2. The molecule has 4 nitrogen and oxygen atoms in total. The summed E-state index contributed by atoms with van der Waals surface area (Å²) in [7, 11) is 0. The third-order valence-corrected chi connectivity index (χ3v) is 3.93. The minimum atomic E-state index is -0.373. The summed E-state index contributed by atoms with van der Waals surface area (Å²) in [5.74, 6) is -0.702. The van der Waals surface area contributed by atoms with Gasteiger partial charge in [-0.25, -0.2) is 0 Å². The number of hydrogen-bond acceptors (Lipinski definition) is 2. The van der Waals surface area contributed by atoms with Crippen LogP contribution in [0.3, 0.4) is 0 Å². The highest BCUT2D eigenvalue weighted by Gasteiger charge is 2.13. The van der Waals surface area contributed by atoms with Crippen LogP contribution in [0.5, 0.6) is 0 Å². The quantitative estimate of drug-likeness (QED) is 0.761. The SMILES string of the molecule is CCc1cccc(CC)c1NC(=O)CC(=O)Nc1cccc(Cl)c1. The van der Waals surface area contributed by atoms with Crippen LogP contribution in [0, 0.1) is 0 Å². The Morgan fingerprint density at radius 3 is 2.08 bits per heavy atom. The number of para-hydroxylation sites is 1. The third-order valence-electron chi connectivity index (χ3n) is 3.69. The van der Waals surface area contributed by atoms with Crippen molar-refractivity contribution in [2.24, 2.45) is 0 Å². The Morgan fingerprint density at radius 2 is 1.50 bits per heavy atom. The molecule has 126 valence electrons. The van der Waals surface area contributed by atoms with E-state index in [9.17, 15) is 9.59 Å². The van der Waals surface area contributed by atoms with E-state index < -0.39 is 0 Å². The van der Waals surface area contributed by atoms with Gasteiger partial charge in [0.05, 0.1) is 0 Å². The summed E-state index contributed by atoms with van der Waals surface area (Å²) in [5, 5.41) is 6.08. The van der Waals surface area contributed by atoms with Crippen LogP contribution in [0.1, 0.15) is 31.4 Å². The number of amides is 2. The number of halogens is 1. The monoisotopic (exact) mass is 344 g/mol. The summed E-state index contributed by atoms with van der Waals surface area (Å²) in [5.41, 5.74) is 3.53. The van der Waals surface area contributed by atoms with E-state index >= 15 is 0 Å². The van der Waals surface area contributed by atoms with Crippen LogP contribution >= 0.6 is 11.6 Å². The van der Waals surface area contributed by atoms with Gasteiger partial charge in [-0.05, 0) is 42.2 Å². The summed E-state index contributed by atoms with van der Waals surface area (Å²) in [4.78, 5) is 24.2. The molecular formula is C19H21ClN2O2. The molecule has 0 heterocycles. The summed E-state index contributed by atoms with van der Waals surface area (Å²) < 4.78 is 0. The molecule has 24 heavy (non-hydrogen) atoms. The lowest BCUT2D eigenvalue weighted by Gasteiger charge is -2.14. The predicted octanol–water partition coefficient (Wildman–Crippen LogP) is 4.43. The molecule has 2 amide bonds. The van der Waals surface area contributed by atoms with Crippen LogP contribution < -0.4 is 10.6 Å². The van der Waals surface area contributed by atoms with Crippen molar-refractivity contribution in [2.45, 2.75) is 33.1 Å². The standard InChI is InChI=1S/C19H21ClN2O2/c1-3-13-7-5-8-14(4-2)19(13)22-18(24)12-17(23)21-16-10-6-9-15(20)11-16/h5-11H,3-4,12H2,1-2H3,(H,21,23)(H,22,24). The van der Waals surface area contributed by atoms with E-state index in [4.69, 9.17) is 11.6 Å². The summed E-state index contributed by atoms with van der Waals surface area (Å²) in [6, 6.07) is 12.8. The second-order valence-corrected chi connectivity index (χ2v) is 5.88. The van der Waals surface area contributed by atoms with Crippen LogP contribution in [0.2, 0.25) is 5.02 Å². The zero-order valence-electron chi connectivity index (χ0n) is 13.9. The Kier molecular flexibility index (Phi) is 6.38. The van der Waals surface area contributed by atoms with Gasteiger partial charge in [-0.3, -0.25) is 9.59 Å². The maximum absolute atomic E-state index is 12.2. The molecule has 0 aromatic heterocycles. The maximum atomic E-state index is 12.2. The molecule has 0 bridgehead atoms. The van der Waals surface area contributed by atoms with E-state index in [-0.39, 0.29) is 18.2 Å². The van der Waals surface area contributed by atoms with E-state index in [2.05, 4.69) is 10.6 Å². The van der Waals surface area contributed by atoms with Gasteiger partial charge in [-0.2, -0.15) is 0 Å². The van der Waals surface area contributed by atoms with Crippen molar-refractivity contribution >= 4 is 34.8 Å². The minimum Gasteiger partial charge on any atom is -0.326 e. The minimum absolute atomic E-state index is 0.242. The number of carbonyl (C=O) groups excluding carboxylic acids is 2. The average molecular weight is 345 g/mol. The molecule has 2 aromatic carbocycles. The number of carbonyl (C=O) groups is 2. The van der Waals surface area contributed by atoms with Gasteiger partial charge in [-0.15, -0.1) is 0 Å². The van der Waals surface area contributed by atoms with E-state index in [0.29, 0.717) is 10.7 Å². The fourth-order valence-electron chi connectivity index (χ4n) is 2.50. The topological polar surface area (TPSA) is 58.2 Å². The number of anilines is 2. The van der Waals surface area contributed by atoms with Gasteiger partial charge in [0.25, 0.3) is 0 Å². The fraction of sp³-hybridized carbons (Fsp3) is 0.263.